The third kappa shape index (κ3) is 5.45. The van der Waals surface area contributed by atoms with E-state index in [9.17, 15) is 4.79 Å². The number of benzene rings is 1. The van der Waals surface area contributed by atoms with Crippen LogP contribution in [0, 0.1) is 31.1 Å². The van der Waals surface area contributed by atoms with Crippen molar-refractivity contribution in [3.05, 3.63) is 52.8 Å². The molecule has 0 aliphatic rings. The lowest BCUT2D eigenvalue weighted by Crippen LogP contribution is -2.33. The second kappa shape index (κ2) is 9.19. The van der Waals surface area contributed by atoms with Gasteiger partial charge in [0, 0.05) is 24.3 Å². The maximum Gasteiger partial charge on any atom is 0.253 e. The monoisotopic (exact) mass is 352 g/mol. The van der Waals surface area contributed by atoms with Gasteiger partial charge in [-0.05, 0) is 49.9 Å². The van der Waals surface area contributed by atoms with E-state index < -0.39 is 0 Å². The van der Waals surface area contributed by atoms with Gasteiger partial charge in [-0.2, -0.15) is 10.4 Å². The van der Waals surface area contributed by atoms with Gasteiger partial charge < -0.3 is 4.90 Å². The van der Waals surface area contributed by atoms with Crippen molar-refractivity contribution in [3.8, 4) is 6.07 Å². The number of nitrogens with zero attached hydrogens (tertiary/aromatic N) is 4. The highest BCUT2D eigenvalue weighted by Crippen LogP contribution is 2.13. The van der Waals surface area contributed by atoms with Crippen LogP contribution in [-0.2, 0) is 6.54 Å². The van der Waals surface area contributed by atoms with E-state index in [2.05, 4.69) is 25.0 Å². The Bertz CT molecular complexity index is 786. The molecule has 0 aliphatic heterocycles. The molecule has 0 aliphatic carbocycles. The molecule has 26 heavy (non-hydrogen) atoms. The Labute approximate surface area is 156 Å². The molecule has 0 N–H and O–H groups in total. The number of carbonyl (C=O) groups is 1. The Morgan fingerprint density at radius 1 is 1.27 bits per heavy atom. The van der Waals surface area contributed by atoms with Crippen molar-refractivity contribution < 1.29 is 4.79 Å². The van der Waals surface area contributed by atoms with Crippen LogP contribution in [0.4, 0.5) is 0 Å². The van der Waals surface area contributed by atoms with E-state index in [4.69, 9.17) is 5.26 Å². The Hall–Kier alpha value is -2.61. The standard InChI is InChI=1S/C21H28N4O/c1-16(2)9-12-24(11-6-10-22)21(26)20-8-5-7-19(14-20)15-25-18(4)13-17(3)23-25/h5,7-8,13-14,16H,6,9,11-12,15H2,1-4H3. The highest BCUT2D eigenvalue weighted by molar-refractivity contribution is 5.94. The van der Waals surface area contributed by atoms with E-state index >= 15 is 0 Å². The molecule has 2 aromatic rings. The van der Waals surface area contributed by atoms with Gasteiger partial charge in [-0.1, -0.05) is 26.0 Å². The zero-order valence-electron chi connectivity index (χ0n) is 16.2. The van der Waals surface area contributed by atoms with Crippen molar-refractivity contribution in [3.63, 3.8) is 0 Å². The smallest absolute Gasteiger partial charge is 0.253 e. The van der Waals surface area contributed by atoms with Crippen LogP contribution in [0.5, 0.6) is 0 Å². The van der Waals surface area contributed by atoms with Crippen molar-refractivity contribution in [2.45, 2.75) is 47.1 Å². The number of nitriles is 1. The first-order valence-corrected chi connectivity index (χ1v) is 9.17. The summed E-state index contributed by atoms with van der Waals surface area (Å²) in [6.07, 6.45) is 1.29. The van der Waals surface area contributed by atoms with Crippen molar-refractivity contribution in [1.29, 1.82) is 5.26 Å². The number of hydrogen-bond donors (Lipinski definition) is 0. The Morgan fingerprint density at radius 3 is 2.65 bits per heavy atom. The molecule has 0 fully saturated rings. The average molecular weight is 352 g/mol. The molecule has 0 unspecified atom stereocenters. The summed E-state index contributed by atoms with van der Waals surface area (Å²) in [5, 5.41) is 13.4. The Morgan fingerprint density at radius 2 is 2.04 bits per heavy atom. The lowest BCUT2D eigenvalue weighted by Gasteiger charge is -2.23. The summed E-state index contributed by atoms with van der Waals surface area (Å²) in [6.45, 7) is 10.1. The summed E-state index contributed by atoms with van der Waals surface area (Å²) >= 11 is 0. The van der Waals surface area contributed by atoms with Gasteiger partial charge >= 0.3 is 0 Å². The predicted octanol–water partition coefficient (Wildman–Crippen LogP) is 3.95. The van der Waals surface area contributed by atoms with E-state index in [-0.39, 0.29) is 5.91 Å². The van der Waals surface area contributed by atoms with Crippen molar-refractivity contribution in [2.75, 3.05) is 13.1 Å². The molecular formula is C21H28N4O. The summed E-state index contributed by atoms with van der Waals surface area (Å²) < 4.78 is 1.95. The largest absolute Gasteiger partial charge is 0.338 e. The summed E-state index contributed by atoms with van der Waals surface area (Å²) in [5.41, 5.74) is 3.81. The first-order valence-electron chi connectivity index (χ1n) is 9.17. The van der Waals surface area contributed by atoms with Crippen LogP contribution in [0.1, 0.15) is 54.0 Å². The van der Waals surface area contributed by atoms with E-state index in [0.29, 0.717) is 37.5 Å². The molecule has 0 spiro atoms. The SMILES string of the molecule is Cc1cc(C)n(Cc2cccc(C(=O)N(CCC#N)CCC(C)C)c2)n1. The molecule has 1 amide bonds. The molecule has 1 heterocycles. The van der Waals surface area contributed by atoms with Crippen LogP contribution in [0.25, 0.3) is 0 Å². The van der Waals surface area contributed by atoms with Crippen molar-refractivity contribution in [2.24, 2.45) is 5.92 Å². The summed E-state index contributed by atoms with van der Waals surface area (Å²) in [4.78, 5) is 14.7. The fourth-order valence-electron chi connectivity index (χ4n) is 2.91. The maximum absolute atomic E-state index is 12.9. The minimum atomic E-state index is -0.00359. The van der Waals surface area contributed by atoms with Crippen molar-refractivity contribution >= 4 is 5.91 Å². The van der Waals surface area contributed by atoms with Gasteiger partial charge in [0.2, 0.25) is 0 Å². The van der Waals surface area contributed by atoms with E-state index in [1.165, 1.54) is 0 Å². The Balaban J connectivity index is 2.16. The second-order valence-corrected chi connectivity index (χ2v) is 7.17. The molecule has 0 saturated carbocycles. The van der Waals surface area contributed by atoms with Crippen LogP contribution in [-0.4, -0.2) is 33.7 Å². The summed E-state index contributed by atoms with van der Waals surface area (Å²) in [6, 6.07) is 11.9. The van der Waals surface area contributed by atoms with Gasteiger partial charge in [-0.3, -0.25) is 9.48 Å². The van der Waals surface area contributed by atoms with Crippen LogP contribution < -0.4 is 0 Å². The molecule has 1 aromatic carbocycles. The first-order chi connectivity index (χ1) is 12.4. The molecule has 5 heteroatoms. The summed E-state index contributed by atoms with van der Waals surface area (Å²) in [5.74, 6) is 0.515. The number of aromatic nitrogens is 2. The molecule has 0 radical (unpaired) electrons. The third-order valence-electron chi connectivity index (χ3n) is 4.37. The van der Waals surface area contributed by atoms with E-state index in [1.807, 2.05) is 48.9 Å². The number of amides is 1. The molecule has 1 aromatic heterocycles. The van der Waals surface area contributed by atoms with Gasteiger partial charge in [-0.15, -0.1) is 0 Å². The lowest BCUT2D eigenvalue weighted by atomic mass is 10.1. The van der Waals surface area contributed by atoms with E-state index in [1.54, 1.807) is 4.90 Å². The third-order valence-corrected chi connectivity index (χ3v) is 4.37. The topological polar surface area (TPSA) is 61.9 Å². The number of rotatable bonds is 8. The van der Waals surface area contributed by atoms with E-state index in [0.717, 1.165) is 23.4 Å². The maximum atomic E-state index is 12.9. The first kappa shape index (κ1) is 19.7. The molecular weight excluding hydrogens is 324 g/mol. The van der Waals surface area contributed by atoms with Gasteiger partial charge in [0.05, 0.1) is 24.7 Å². The van der Waals surface area contributed by atoms with Crippen LogP contribution in [0.3, 0.4) is 0 Å². The average Bonchev–Trinajstić information content (AvgIpc) is 2.91. The molecule has 5 nitrogen and oxygen atoms in total. The Kier molecular flexibility index (Phi) is 6.97. The quantitative estimate of drug-likeness (QED) is 0.722. The fraction of sp³-hybridized carbons (Fsp3) is 0.476. The molecule has 0 bridgehead atoms. The van der Waals surface area contributed by atoms with Crippen LogP contribution in [0.15, 0.2) is 30.3 Å². The minimum absolute atomic E-state index is 0.00359. The highest BCUT2D eigenvalue weighted by atomic mass is 16.2. The lowest BCUT2D eigenvalue weighted by molar-refractivity contribution is 0.0752. The molecule has 0 saturated heterocycles. The van der Waals surface area contributed by atoms with Crippen LogP contribution >= 0.6 is 0 Å². The molecule has 2 rings (SSSR count). The zero-order chi connectivity index (χ0) is 19.1. The molecule has 138 valence electrons. The number of aryl methyl sites for hydroxylation is 2. The van der Waals surface area contributed by atoms with Gasteiger partial charge in [0.15, 0.2) is 0 Å². The van der Waals surface area contributed by atoms with Crippen LogP contribution in [0.2, 0.25) is 0 Å². The van der Waals surface area contributed by atoms with Gasteiger partial charge in [0.25, 0.3) is 5.91 Å². The number of carbonyl (C=O) groups excluding carboxylic acids is 1. The second-order valence-electron chi connectivity index (χ2n) is 7.17. The van der Waals surface area contributed by atoms with Crippen molar-refractivity contribution in [1.82, 2.24) is 14.7 Å². The predicted molar refractivity (Wildman–Crippen MR) is 103 cm³/mol. The normalized spacial score (nSPS) is 10.8. The van der Waals surface area contributed by atoms with Gasteiger partial charge in [-0.25, -0.2) is 0 Å². The van der Waals surface area contributed by atoms with Gasteiger partial charge in [0.1, 0.15) is 0 Å². The minimum Gasteiger partial charge on any atom is -0.338 e. The highest BCUT2D eigenvalue weighted by Gasteiger charge is 2.16. The zero-order valence-corrected chi connectivity index (χ0v) is 16.2. The summed E-state index contributed by atoms with van der Waals surface area (Å²) in [7, 11) is 0. The fourth-order valence-corrected chi connectivity index (χ4v) is 2.91. The molecule has 0 atom stereocenters. The number of hydrogen-bond acceptors (Lipinski definition) is 3.